The molecular formula is C16H17F4N3O2. The summed E-state index contributed by atoms with van der Waals surface area (Å²) in [5.74, 6) is -0.999. The van der Waals surface area contributed by atoms with Gasteiger partial charge in [-0.15, -0.1) is 0 Å². The van der Waals surface area contributed by atoms with Gasteiger partial charge >= 0.3 is 12.5 Å². The summed E-state index contributed by atoms with van der Waals surface area (Å²) in [6, 6.07) is 4.96. The summed E-state index contributed by atoms with van der Waals surface area (Å²) in [4.78, 5) is 12.5. The lowest BCUT2D eigenvalue weighted by Gasteiger charge is -2.19. The van der Waals surface area contributed by atoms with E-state index in [1.165, 1.54) is 22.9 Å². The lowest BCUT2D eigenvalue weighted by atomic mass is 10.1. The smallest absolute Gasteiger partial charge is 0.427 e. The molecule has 1 N–H and O–H groups in total. The monoisotopic (exact) mass is 359 g/mol. The fourth-order valence-electron chi connectivity index (χ4n) is 2.39. The number of aryl methyl sites for hydroxylation is 2. The van der Waals surface area contributed by atoms with E-state index >= 15 is 0 Å². The van der Waals surface area contributed by atoms with Crippen molar-refractivity contribution in [3.63, 3.8) is 0 Å². The number of para-hydroxylation sites is 1. The quantitative estimate of drug-likeness (QED) is 0.799. The van der Waals surface area contributed by atoms with Gasteiger partial charge in [0.05, 0.1) is 11.3 Å². The van der Waals surface area contributed by atoms with Crippen LogP contribution in [0.2, 0.25) is 0 Å². The van der Waals surface area contributed by atoms with Crippen LogP contribution in [0.25, 0.3) is 0 Å². The van der Waals surface area contributed by atoms with Crippen LogP contribution in [0.15, 0.2) is 24.3 Å². The van der Waals surface area contributed by atoms with Crippen molar-refractivity contribution in [2.45, 2.75) is 32.8 Å². The van der Waals surface area contributed by atoms with Crippen LogP contribution in [0, 0.1) is 6.92 Å². The summed E-state index contributed by atoms with van der Waals surface area (Å²) in [6.07, 6.45) is -8.12. The SMILES string of the molecule is CCc1c(C)nn(C)c1NC(=O)c1ccccc1OC(F)(F)C(F)F. The summed E-state index contributed by atoms with van der Waals surface area (Å²) in [6.45, 7) is 3.65. The average Bonchev–Trinajstić information content (AvgIpc) is 2.80. The molecule has 2 aromatic rings. The molecule has 0 saturated carbocycles. The normalized spacial score (nSPS) is 11.7. The summed E-state index contributed by atoms with van der Waals surface area (Å²) in [5.41, 5.74) is 1.21. The number of rotatable bonds is 6. The molecule has 0 spiro atoms. The highest BCUT2D eigenvalue weighted by molar-refractivity contribution is 6.06. The van der Waals surface area contributed by atoms with Crippen molar-refractivity contribution in [2.24, 2.45) is 7.05 Å². The Morgan fingerprint density at radius 1 is 1.36 bits per heavy atom. The Balaban J connectivity index is 2.32. The predicted molar refractivity (Wildman–Crippen MR) is 83.3 cm³/mol. The molecule has 0 aliphatic rings. The van der Waals surface area contributed by atoms with Gasteiger partial charge in [-0.2, -0.15) is 22.7 Å². The number of carbonyl (C=O) groups is 1. The first-order chi connectivity index (χ1) is 11.7. The van der Waals surface area contributed by atoms with E-state index in [0.29, 0.717) is 17.9 Å². The van der Waals surface area contributed by atoms with Gasteiger partial charge in [0.1, 0.15) is 11.6 Å². The topological polar surface area (TPSA) is 56.2 Å². The predicted octanol–water partition coefficient (Wildman–Crippen LogP) is 3.78. The maximum Gasteiger partial charge on any atom is 0.461 e. The Bertz CT molecular complexity index is 775. The van der Waals surface area contributed by atoms with Gasteiger partial charge in [-0.3, -0.25) is 9.48 Å². The number of ether oxygens (including phenoxy) is 1. The zero-order chi connectivity index (χ0) is 18.8. The fraction of sp³-hybridized carbons (Fsp3) is 0.375. The number of carbonyl (C=O) groups excluding carboxylic acids is 1. The van der Waals surface area contributed by atoms with Crippen molar-refractivity contribution in [2.75, 3.05) is 5.32 Å². The van der Waals surface area contributed by atoms with Gasteiger partial charge in [-0.05, 0) is 25.5 Å². The Labute approximate surface area is 141 Å². The Kier molecular flexibility index (Phi) is 5.34. The maximum absolute atomic E-state index is 13.2. The molecule has 0 aliphatic heterocycles. The van der Waals surface area contributed by atoms with Crippen molar-refractivity contribution < 1.29 is 27.1 Å². The van der Waals surface area contributed by atoms with E-state index in [1.54, 1.807) is 14.0 Å². The minimum absolute atomic E-state index is 0.288. The average molecular weight is 359 g/mol. The van der Waals surface area contributed by atoms with E-state index in [9.17, 15) is 22.4 Å². The van der Waals surface area contributed by atoms with Gasteiger partial charge in [0, 0.05) is 12.6 Å². The van der Waals surface area contributed by atoms with E-state index in [4.69, 9.17) is 0 Å². The Morgan fingerprint density at radius 2 is 2.00 bits per heavy atom. The summed E-state index contributed by atoms with van der Waals surface area (Å²) < 4.78 is 56.6. The number of amides is 1. The molecule has 2 rings (SSSR count). The van der Waals surface area contributed by atoms with Crippen LogP contribution >= 0.6 is 0 Å². The number of alkyl halides is 4. The third-order valence-corrected chi connectivity index (χ3v) is 3.56. The van der Waals surface area contributed by atoms with Gasteiger partial charge in [0.15, 0.2) is 0 Å². The Morgan fingerprint density at radius 3 is 2.60 bits per heavy atom. The van der Waals surface area contributed by atoms with Crippen molar-refractivity contribution in [1.29, 1.82) is 0 Å². The van der Waals surface area contributed by atoms with Crippen LogP contribution in [0.4, 0.5) is 23.4 Å². The van der Waals surface area contributed by atoms with E-state index in [0.717, 1.165) is 11.6 Å². The van der Waals surface area contributed by atoms with Crippen molar-refractivity contribution in [3.05, 3.63) is 41.1 Å². The van der Waals surface area contributed by atoms with Gasteiger partial charge < -0.3 is 10.1 Å². The van der Waals surface area contributed by atoms with Gasteiger partial charge in [-0.1, -0.05) is 19.1 Å². The second kappa shape index (κ2) is 7.12. The summed E-state index contributed by atoms with van der Waals surface area (Å²) in [7, 11) is 1.62. The van der Waals surface area contributed by atoms with Crippen LogP contribution < -0.4 is 10.1 Å². The highest BCUT2D eigenvalue weighted by Crippen LogP contribution is 2.30. The molecule has 9 heteroatoms. The molecule has 0 atom stereocenters. The van der Waals surface area contributed by atoms with E-state index in [1.807, 2.05) is 6.92 Å². The molecule has 5 nitrogen and oxygen atoms in total. The van der Waals surface area contributed by atoms with Crippen LogP contribution in [-0.4, -0.2) is 28.2 Å². The largest absolute Gasteiger partial charge is 0.461 e. The minimum Gasteiger partial charge on any atom is -0.427 e. The van der Waals surface area contributed by atoms with Crippen LogP contribution in [0.1, 0.15) is 28.5 Å². The lowest BCUT2D eigenvalue weighted by molar-refractivity contribution is -0.253. The first kappa shape index (κ1) is 18.8. The highest BCUT2D eigenvalue weighted by Gasteiger charge is 2.44. The zero-order valence-corrected chi connectivity index (χ0v) is 13.8. The molecule has 1 heterocycles. The number of anilines is 1. The summed E-state index contributed by atoms with van der Waals surface area (Å²) >= 11 is 0. The molecule has 0 unspecified atom stereocenters. The van der Waals surface area contributed by atoms with Crippen LogP contribution in [0.5, 0.6) is 5.75 Å². The molecule has 0 bridgehead atoms. The van der Waals surface area contributed by atoms with Gasteiger partial charge in [0.25, 0.3) is 5.91 Å². The number of hydrogen-bond donors (Lipinski definition) is 1. The van der Waals surface area contributed by atoms with Crippen molar-refractivity contribution in [1.82, 2.24) is 9.78 Å². The second-order valence-electron chi connectivity index (χ2n) is 5.30. The molecule has 0 radical (unpaired) electrons. The molecule has 1 aromatic carbocycles. The third kappa shape index (κ3) is 3.92. The molecule has 0 fully saturated rings. The van der Waals surface area contributed by atoms with Crippen LogP contribution in [0.3, 0.4) is 0 Å². The Hall–Kier alpha value is -2.58. The molecule has 1 aromatic heterocycles. The highest BCUT2D eigenvalue weighted by atomic mass is 19.3. The minimum atomic E-state index is -4.70. The maximum atomic E-state index is 13.2. The molecule has 0 aliphatic carbocycles. The number of nitrogens with zero attached hydrogens (tertiary/aromatic N) is 2. The first-order valence-electron chi connectivity index (χ1n) is 7.45. The summed E-state index contributed by atoms with van der Waals surface area (Å²) in [5, 5.41) is 6.76. The molecule has 25 heavy (non-hydrogen) atoms. The number of nitrogens with one attached hydrogen (secondary N) is 1. The van der Waals surface area contributed by atoms with E-state index < -0.39 is 24.2 Å². The fourth-order valence-corrected chi connectivity index (χ4v) is 2.39. The zero-order valence-electron chi connectivity index (χ0n) is 13.8. The van der Waals surface area contributed by atoms with E-state index in [2.05, 4.69) is 15.2 Å². The standard InChI is InChI=1S/C16H17F4N3O2/c1-4-10-9(2)22-23(3)13(10)21-14(24)11-7-5-6-8-12(11)25-16(19,20)15(17)18/h5-8,15H,4H2,1-3H3,(H,21,24). The van der Waals surface area contributed by atoms with Crippen molar-refractivity contribution in [3.8, 4) is 5.75 Å². The lowest BCUT2D eigenvalue weighted by Crippen LogP contribution is -2.34. The molecular weight excluding hydrogens is 342 g/mol. The third-order valence-electron chi connectivity index (χ3n) is 3.56. The number of halogens is 4. The van der Waals surface area contributed by atoms with Gasteiger partial charge in [0.2, 0.25) is 0 Å². The number of hydrogen-bond acceptors (Lipinski definition) is 3. The first-order valence-corrected chi connectivity index (χ1v) is 7.45. The van der Waals surface area contributed by atoms with E-state index in [-0.39, 0.29) is 5.56 Å². The molecule has 1 amide bonds. The number of benzene rings is 1. The second-order valence-corrected chi connectivity index (χ2v) is 5.30. The molecule has 136 valence electrons. The number of aromatic nitrogens is 2. The van der Waals surface area contributed by atoms with Crippen molar-refractivity contribution >= 4 is 11.7 Å². The van der Waals surface area contributed by atoms with Gasteiger partial charge in [-0.25, -0.2) is 0 Å². The van der Waals surface area contributed by atoms with Crippen LogP contribution in [-0.2, 0) is 13.5 Å². The molecule has 0 saturated heterocycles.